The van der Waals surface area contributed by atoms with Gasteiger partial charge in [0.1, 0.15) is 0 Å². The molecular weight excluding hydrogens is 1540 g/mol. The minimum absolute atomic E-state index is 1.08. The molecule has 9 aliphatic carbocycles. The van der Waals surface area contributed by atoms with Crippen LogP contribution in [0.4, 0.5) is 0 Å². The van der Waals surface area contributed by atoms with Crippen molar-refractivity contribution in [2.24, 2.45) is 0 Å². The summed E-state index contributed by atoms with van der Waals surface area (Å²) in [5.74, 6) is 0. The fourth-order valence-electron chi connectivity index (χ4n) is 22.6. The highest BCUT2D eigenvalue weighted by molar-refractivity contribution is 6.30. The van der Waals surface area contributed by atoms with E-state index >= 15 is 0 Å². The molecular formula is C128H86. The monoisotopic (exact) mass is 1620 g/mol. The Morgan fingerprint density at radius 3 is 0.539 bits per heavy atom. The van der Waals surface area contributed by atoms with E-state index in [1.165, 1.54) is 264 Å². The number of hydrogen-bond acceptors (Lipinski definition) is 0. The zero-order valence-electron chi connectivity index (χ0n) is 71.0. The Kier molecular flexibility index (Phi) is 18.2. The van der Waals surface area contributed by atoms with Gasteiger partial charge in [-0.05, 0) is 303 Å². The highest BCUT2D eigenvalue weighted by Crippen LogP contribution is 2.60. The van der Waals surface area contributed by atoms with Crippen LogP contribution in [0.5, 0.6) is 0 Å². The average Bonchev–Trinajstić information content (AvgIpc) is 1.53. The Bertz CT molecular complexity index is 7420. The molecule has 0 saturated heterocycles. The average molecular weight is 1620 g/mol. The number of fused-ring (bicyclic) bond motifs is 11. The van der Waals surface area contributed by atoms with Crippen LogP contribution >= 0.6 is 0 Å². The molecule has 21 aromatic rings. The highest BCUT2D eigenvalue weighted by Gasteiger charge is 2.33. The third-order valence-corrected chi connectivity index (χ3v) is 28.0. The fraction of sp³-hybridized carbons (Fsp3) is 0.0469. The van der Waals surface area contributed by atoms with Crippen LogP contribution in [-0.4, -0.2) is 0 Å². The number of hydrogen-bond donors (Lipinski definition) is 0. The predicted octanol–water partition coefficient (Wildman–Crippen LogP) is 34.4. The van der Waals surface area contributed by atoms with Crippen LogP contribution in [0.3, 0.4) is 0 Å². The van der Waals surface area contributed by atoms with E-state index in [1.54, 1.807) is 0 Å². The van der Waals surface area contributed by atoms with E-state index in [0.717, 1.165) is 38.5 Å². The van der Waals surface area contributed by atoms with Gasteiger partial charge in [-0.25, -0.2) is 0 Å². The molecule has 0 N–H and O–H groups in total. The second-order valence-corrected chi connectivity index (χ2v) is 35.0. The first kappa shape index (κ1) is 74.7. The molecule has 128 heavy (non-hydrogen) atoms. The molecule has 0 heterocycles. The van der Waals surface area contributed by atoms with E-state index in [9.17, 15) is 0 Å². The lowest BCUT2D eigenvalue weighted by Crippen LogP contribution is -1.99. The van der Waals surface area contributed by atoms with Crippen LogP contribution in [-0.2, 0) is 38.5 Å². The molecule has 0 unspecified atom stereocenters. The molecule has 0 radical (unpaired) electrons. The summed E-state index contributed by atoms with van der Waals surface area (Å²) in [6, 6.07) is 137. The normalized spacial score (nSPS) is 13.2. The number of allylic oxidation sites excluding steroid dienone is 6. The van der Waals surface area contributed by atoms with Gasteiger partial charge in [-0.1, -0.05) is 449 Å². The van der Waals surface area contributed by atoms with Gasteiger partial charge in [0.25, 0.3) is 0 Å². The fourth-order valence-corrected chi connectivity index (χ4v) is 22.6. The van der Waals surface area contributed by atoms with Crippen molar-refractivity contribution >= 4 is 123 Å². The van der Waals surface area contributed by atoms with Crippen LogP contribution in [0, 0.1) is 0 Å². The Morgan fingerprint density at radius 2 is 0.312 bits per heavy atom. The SMILES string of the molecule is C1=Cc2ccc3c4c(ccc(c24)C1)CC=C3.C1=Cc2ccc3c4c(ccc(c24)C1)CC=C3.C1=Cc2ccc3c4c(ccc(c24)C1)CC=C3.c1ccc(-c2c3c(c(-c4ccccc4)c4ccccc24)-c2cccc4cccc-3c24)cc1.c1ccc(-c2c3c(c(-c4ccccc4)c4ccccc24)-c2cccc4cccc-3c24)cc1.c1ccc2c(c1)-c1cccc3cccc-2c13. The van der Waals surface area contributed by atoms with E-state index in [0.29, 0.717) is 0 Å². The van der Waals surface area contributed by atoms with Crippen molar-refractivity contribution in [2.75, 3.05) is 0 Å². The van der Waals surface area contributed by atoms with Gasteiger partial charge in [0.15, 0.2) is 0 Å². The van der Waals surface area contributed by atoms with Crippen LogP contribution in [0.25, 0.3) is 234 Å². The van der Waals surface area contributed by atoms with Crippen molar-refractivity contribution in [3.63, 3.8) is 0 Å². The van der Waals surface area contributed by atoms with Crippen molar-refractivity contribution in [1.82, 2.24) is 0 Å². The molecule has 0 atom stereocenters. The maximum absolute atomic E-state index is 2.30. The summed E-state index contributed by atoms with van der Waals surface area (Å²) in [6.45, 7) is 0. The maximum Gasteiger partial charge on any atom is -0.000742 e. The lowest BCUT2D eigenvalue weighted by atomic mass is 9.82. The zero-order chi connectivity index (χ0) is 84.3. The molecule has 598 valence electrons. The molecule has 0 heteroatoms. The Balaban J connectivity index is 0.0000000860. The van der Waals surface area contributed by atoms with Gasteiger partial charge in [0.05, 0.1) is 0 Å². The summed E-state index contributed by atoms with van der Waals surface area (Å²) in [7, 11) is 0. The molecule has 0 amide bonds. The quantitative estimate of drug-likeness (QED) is 0.165. The van der Waals surface area contributed by atoms with Crippen LogP contribution in [0.15, 0.2) is 413 Å². The predicted molar refractivity (Wildman–Crippen MR) is 550 cm³/mol. The van der Waals surface area contributed by atoms with E-state index in [2.05, 4.69) is 449 Å². The van der Waals surface area contributed by atoms with Gasteiger partial charge >= 0.3 is 0 Å². The number of rotatable bonds is 4. The largest absolute Gasteiger partial charge is 0.0795 e. The Morgan fingerprint density at radius 1 is 0.125 bits per heavy atom. The van der Waals surface area contributed by atoms with Gasteiger partial charge in [-0.3, -0.25) is 0 Å². The molecule has 0 aromatic heterocycles. The molecule has 0 bridgehead atoms. The summed E-state index contributed by atoms with van der Waals surface area (Å²) in [4.78, 5) is 0. The molecule has 0 spiro atoms. The first-order chi connectivity index (χ1) is 63.6. The minimum atomic E-state index is 1.08. The van der Waals surface area contributed by atoms with Gasteiger partial charge in [-0.15, -0.1) is 0 Å². The second-order valence-electron chi connectivity index (χ2n) is 35.0. The molecule has 21 aromatic carbocycles. The van der Waals surface area contributed by atoms with Crippen molar-refractivity contribution in [3.8, 4) is 111 Å². The lowest BCUT2D eigenvalue weighted by Gasteiger charge is -2.20. The standard InChI is InChI=1S/2C32H20.3C16H12.C16H10/c2*1-3-11-22(12-4-1)29-24-17-7-8-18-25(24)30(23-13-5-2-6-14-23)32-27-20-10-16-21-15-9-19-26(28(21)27)31(29)32;3*1-3-11-7-9-13-5-2-6-14-10-8-12(4-1)15(11)16(13)14;1-2-8-13-12(7-1)14-9-3-5-11-6-4-10-15(13)16(11)14/h2*1-20H;3*1-3,5,7-10H,4,6H2;1-10H. The minimum Gasteiger partial charge on any atom is -0.0795 e. The molecule has 0 aliphatic heterocycles. The van der Waals surface area contributed by atoms with E-state index < -0.39 is 0 Å². The van der Waals surface area contributed by atoms with E-state index in [1.807, 2.05) is 0 Å². The molecule has 0 nitrogen and oxygen atoms in total. The van der Waals surface area contributed by atoms with Gasteiger partial charge in [-0.2, -0.15) is 0 Å². The first-order valence-corrected chi connectivity index (χ1v) is 45.4. The molecule has 9 aliphatic rings. The van der Waals surface area contributed by atoms with Gasteiger partial charge in [0, 0.05) is 0 Å². The molecule has 0 saturated carbocycles. The Labute approximate surface area is 746 Å². The van der Waals surface area contributed by atoms with Crippen LogP contribution < -0.4 is 0 Å². The smallest absolute Gasteiger partial charge is 0.000742 e. The van der Waals surface area contributed by atoms with Crippen molar-refractivity contribution in [2.45, 2.75) is 38.5 Å². The zero-order valence-corrected chi connectivity index (χ0v) is 71.0. The van der Waals surface area contributed by atoms with Crippen molar-refractivity contribution in [3.05, 3.63) is 479 Å². The first-order valence-electron chi connectivity index (χ1n) is 45.4. The number of benzene rings is 21. The summed E-state index contributed by atoms with van der Waals surface area (Å²) in [5.41, 5.74) is 43.9. The molecule has 30 rings (SSSR count). The third-order valence-electron chi connectivity index (χ3n) is 28.0. The molecule has 0 fully saturated rings. The Hall–Kier alpha value is -15.9. The summed E-state index contributed by atoms with van der Waals surface area (Å²) >= 11 is 0. The van der Waals surface area contributed by atoms with Gasteiger partial charge in [0.2, 0.25) is 0 Å². The topological polar surface area (TPSA) is 0 Å². The highest BCUT2D eigenvalue weighted by atomic mass is 14.4. The second kappa shape index (κ2) is 31.1. The van der Waals surface area contributed by atoms with E-state index in [-0.39, 0.29) is 0 Å². The third kappa shape index (κ3) is 12.3. The van der Waals surface area contributed by atoms with Crippen LogP contribution in [0.2, 0.25) is 0 Å². The van der Waals surface area contributed by atoms with E-state index in [4.69, 9.17) is 0 Å². The van der Waals surface area contributed by atoms with Crippen molar-refractivity contribution in [1.29, 1.82) is 0 Å². The van der Waals surface area contributed by atoms with Crippen LogP contribution in [0.1, 0.15) is 66.8 Å². The maximum atomic E-state index is 2.30. The summed E-state index contributed by atoms with van der Waals surface area (Å²) < 4.78 is 0. The lowest BCUT2D eigenvalue weighted by molar-refractivity contribution is 1.24. The van der Waals surface area contributed by atoms with Crippen molar-refractivity contribution < 1.29 is 0 Å². The summed E-state index contributed by atoms with van der Waals surface area (Å²) in [6.07, 6.45) is 33.6. The summed E-state index contributed by atoms with van der Waals surface area (Å²) in [5, 5.41) is 22.2. The van der Waals surface area contributed by atoms with Gasteiger partial charge < -0.3 is 0 Å².